The maximum Gasteiger partial charge on any atom is 0.243 e. The number of carbonyl (C=O) groups is 2. The number of benzene rings is 2. The highest BCUT2D eigenvalue weighted by Crippen LogP contribution is 2.20. The molecule has 156 valence electrons. The van der Waals surface area contributed by atoms with E-state index in [4.69, 9.17) is 0 Å². The van der Waals surface area contributed by atoms with Crippen molar-refractivity contribution < 1.29 is 9.59 Å². The van der Waals surface area contributed by atoms with Gasteiger partial charge in [0, 0.05) is 17.0 Å². The zero-order valence-electron chi connectivity index (χ0n) is 18.1. The molecular weight excluding hydrogens is 380 g/mol. The van der Waals surface area contributed by atoms with E-state index < -0.39 is 6.04 Å². The molecule has 5 heteroatoms. The van der Waals surface area contributed by atoms with Crippen molar-refractivity contribution in [2.24, 2.45) is 0 Å². The van der Waals surface area contributed by atoms with Crippen LogP contribution < -0.4 is 5.32 Å². The van der Waals surface area contributed by atoms with Gasteiger partial charge in [-0.3, -0.25) is 9.59 Å². The monoisotopic (exact) mass is 412 g/mol. The van der Waals surface area contributed by atoms with E-state index in [1.807, 2.05) is 83.1 Å². The van der Waals surface area contributed by atoms with Crippen LogP contribution in [-0.2, 0) is 16.1 Å². The first-order valence-electron chi connectivity index (χ1n) is 10.0. The average molecular weight is 413 g/mol. The number of aryl methyl sites for hydroxylation is 1. The Kier molecular flexibility index (Phi) is 8.32. The highest BCUT2D eigenvalue weighted by molar-refractivity contribution is 8.00. The fraction of sp³-hybridized carbons (Fsp3) is 0.417. The first kappa shape index (κ1) is 23.0. The Balaban J connectivity index is 2.22. The Morgan fingerprint density at radius 1 is 1.07 bits per heavy atom. The zero-order chi connectivity index (χ0) is 21.4. The van der Waals surface area contributed by atoms with Crippen molar-refractivity contribution >= 4 is 23.6 Å². The lowest BCUT2D eigenvalue weighted by Crippen LogP contribution is -2.53. The molecule has 0 unspecified atom stereocenters. The van der Waals surface area contributed by atoms with Gasteiger partial charge in [-0.25, -0.2) is 0 Å². The molecule has 0 aromatic heterocycles. The van der Waals surface area contributed by atoms with Crippen LogP contribution in [0.5, 0.6) is 0 Å². The topological polar surface area (TPSA) is 49.4 Å². The van der Waals surface area contributed by atoms with Crippen LogP contribution in [0.2, 0.25) is 0 Å². The Morgan fingerprint density at radius 3 is 2.34 bits per heavy atom. The first-order chi connectivity index (χ1) is 13.7. The minimum absolute atomic E-state index is 0.0312. The van der Waals surface area contributed by atoms with Crippen molar-refractivity contribution in [1.29, 1.82) is 0 Å². The van der Waals surface area contributed by atoms with Crippen molar-refractivity contribution in [3.63, 3.8) is 0 Å². The summed E-state index contributed by atoms with van der Waals surface area (Å²) < 4.78 is 0. The summed E-state index contributed by atoms with van der Waals surface area (Å²) in [5.74, 6) is 0.164. The van der Waals surface area contributed by atoms with Crippen molar-refractivity contribution in [2.45, 2.75) is 64.1 Å². The summed E-state index contributed by atoms with van der Waals surface area (Å²) in [5, 5.41) is 3.04. The molecule has 0 aliphatic carbocycles. The third-order valence-corrected chi connectivity index (χ3v) is 5.42. The normalized spacial score (nSPS) is 12.3. The number of thioether (sulfide) groups is 1. The number of nitrogens with zero attached hydrogens (tertiary/aromatic N) is 1. The Morgan fingerprint density at radius 2 is 1.76 bits per heavy atom. The van der Waals surface area contributed by atoms with Gasteiger partial charge in [0.25, 0.3) is 0 Å². The summed E-state index contributed by atoms with van der Waals surface area (Å²) in [6.07, 6.45) is 0.565. The predicted molar refractivity (Wildman–Crippen MR) is 121 cm³/mol. The second kappa shape index (κ2) is 10.5. The van der Waals surface area contributed by atoms with E-state index in [1.165, 1.54) is 11.8 Å². The lowest BCUT2D eigenvalue weighted by molar-refractivity contribution is -0.140. The summed E-state index contributed by atoms with van der Waals surface area (Å²) in [6.45, 7) is 10.3. The molecule has 0 saturated heterocycles. The van der Waals surface area contributed by atoms with Crippen molar-refractivity contribution in [3.8, 4) is 0 Å². The van der Waals surface area contributed by atoms with Gasteiger partial charge in [0.05, 0.1) is 5.75 Å². The fourth-order valence-corrected chi connectivity index (χ4v) is 3.93. The van der Waals surface area contributed by atoms with Gasteiger partial charge in [-0.15, -0.1) is 11.8 Å². The molecule has 0 heterocycles. The van der Waals surface area contributed by atoms with Gasteiger partial charge in [-0.1, -0.05) is 55.0 Å². The molecule has 0 bridgehead atoms. The Bertz CT molecular complexity index is 815. The molecule has 0 aliphatic rings. The maximum atomic E-state index is 13.2. The second-order valence-corrected chi connectivity index (χ2v) is 9.32. The molecule has 0 saturated carbocycles. The average Bonchev–Trinajstić information content (AvgIpc) is 2.65. The summed E-state index contributed by atoms with van der Waals surface area (Å²) in [5.41, 5.74) is 1.83. The van der Waals surface area contributed by atoms with E-state index in [1.54, 1.807) is 4.90 Å². The molecule has 2 amide bonds. The summed E-state index contributed by atoms with van der Waals surface area (Å²) in [4.78, 5) is 28.9. The van der Waals surface area contributed by atoms with Crippen molar-refractivity contribution in [3.05, 3.63) is 65.7 Å². The van der Waals surface area contributed by atoms with Crippen molar-refractivity contribution in [1.82, 2.24) is 10.2 Å². The number of hydrogen-bond donors (Lipinski definition) is 1. The van der Waals surface area contributed by atoms with Crippen molar-refractivity contribution in [2.75, 3.05) is 5.75 Å². The van der Waals surface area contributed by atoms with Gasteiger partial charge in [0.15, 0.2) is 0 Å². The van der Waals surface area contributed by atoms with E-state index in [0.717, 1.165) is 16.0 Å². The molecule has 2 aromatic rings. The van der Waals surface area contributed by atoms with E-state index in [0.29, 0.717) is 18.7 Å². The lowest BCUT2D eigenvalue weighted by atomic mass is 10.1. The van der Waals surface area contributed by atoms with Crippen LogP contribution in [-0.4, -0.2) is 34.0 Å². The van der Waals surface area contributed by atoms with E-state index >= 15 is 0 Å². The maximum absolute atomic E-state index is 13.2. The molecule has 2 aromatic carbocycles. The molecule has 2 rings (SSSR count). The number of carbonyl (C=O) groups excluding carboxylic acids is 2. The van der Waals surface area contributed by atoms with Crippen LogP contribution in [0.4, 0.5) is 0 Å². The van der Waals surface area contributed by atoms with Crippen LogP contribution in [0.1, 0.15) is 45.2 Å². The van der Waals surface area contributed by atoms with E-state index in [-0.39, 0.29) is 17.4 Å². The number of amides is 2. The van der Waals surface area contributed by atoms with Crippen LogP contribution >= 0.6 is 11.8 Å². The SMILES string of the molecule is CC[C@@H](C(=O)NC(C)(C)C)N(Cc1cccc(C)c1)C(=O)CSc1ccccc1. The molecular formula is C24H32N2O2S. The molecule has 29 heavy (non-hydrogen) atoms. The van der Waals surface area contributed by atoms with Gasteiger partial charge in [-0.2, -0.15) is 0 Å². The van der Waals surface area contributed by atoms with Crippen LogP contribution in [0, 0.1) is 6.92 Å². The summed E-state index contributed by atoms with van der Waals surface area (Å²) >= 11 is 1.50. The number of nitrogens with one attached hydrogen (secondary N) is 1. The standard InChI is InChI=1S/C24H32N2O2S/c1-6-21(23(28)25-24(3,4)5)26(16-19-12-10-11-18(2)15-19)22(27)17-29-20-13-8-7-9-14-20/h7-15,21H,6,16-17H2,1-5H3,(H,25,28)/t21-/m0/s1. The number of rotatable bonds is 8. The van der Waals surface area contributed by atoms with Crippen LogP contribution in [0.25, 0.3) is 0 Å². The Labute approximate surface area is 179 Å². The lowest BCUT2D eigenvalue weighted by Gasteiger charge is -2.33. The van der Waals surface area contributed by atoms with Crippen LogP contribution in [0.3, 0.4) is 0 Å². The highest BCUT2D eigenvalue weighted by atomic mass is 32.2. The number of hydrogen-bond acceptors (Lipinski definition) is 3. The smallest absolute Gasteiger partial charge is 0.243 e. The molecule has 0 radical (unpaired) electrons. The zero-order valence-corrected chi connectivity index (χ0v) is 18.9. The minimum Gasteiger partial charge on any atom is -0.350 e. The molecule has 4 nitrogen and oxygen atoms in total. The molecule has 0 aliphatic heterocycles. The molecule has 1 atom stereocenters. The fourth-order valence-electron chi connectivity index (χ4n) is 3.12. The van der Waals surface area contributed by atoms with Gasteiger partial charge in [0.1, 0.15) is 6.04 Å². The summed E-state index contributed by atoms with van der Waals surface area (Å²) in [7, 11) is 0. The van der Waals surface area contributed by atoms with Gasteiger partial charge in [0.2, 0.25) is 11.8 Å². The van der Waals surface area contributed by atoms with Crippen LogP contribution in [0.15, 0.2) is 59.5 Å². The molecule has 0 spiro atoms. The van der Waals surface area contributed by atoms with Gasteiger partial charge >= 0.3 is 0 Å². The third-order valence-electron chi connectivity index (χ3n) is 4.43. The summed E-state index contributed by atoms with van der Waals surface area (Å²) in [6, 6.07) is 17.5. The van der Waals surface area contributed by atoms with Gasteiger partial charge < -0.3 is 10.2 Å². The highest BCUT2D eigenvalue weighted by Gasteiger charge is 2.30. The van der Waals surface area contributed by atoms with E-state index in [2.05, 4.69) is 11.4 Å². The first-order valence-corrected chi connectivity index (χ1v) is 11.0. The predicted octanol–water partition coefficient (Wildman–Crippen LogP) is 4.81. The van der Waals surface area contributed by atoms with Gasteiger partial charge in [-0.05, 0) is 51.8 Å². The molecule has 1 N–H and O–H groups in total. The van der Waals surface area contributed by atoms with E-state index in [9.17, 15) is 9.59 Å². The minimum atomic E-state index is -0.501. The molecule has 0 fully saturated rings. The third kappa shape index (κ3) is 7.58. The second-order valence-electron chi connectivity index (χ2n) is 8.28. The Hall–Kier alpha value is -2.27. The largest absolute Gasteiger partial charge is 0.350 e. The quantitative estimate of drug-likeness (QED) is 0.633.